The predicted octanol–water partition coefficient (Wildman–Crippen LogP) is 3.85. The van der Waals surface area contributed by atoms with Crippen LogP contribution in [0.5, 0.6) is 0 Å². The first-order chi connectivity index (χ1) is 12.1. The highest BCUT2D eigenvalue weighted by Gasteiger charge is 2.10. The Bertz CT molecular complexity index is 928. The summed E-state index contributed by atoms with van der Waals surface area (Å²) in [6.07, 6.45) is 3.67. The number of fused-ring (bicyclic) bond motifs is 1. The molecule has 3 aromatic rings. The standard InChI is InChI=1S/C19H20N4OS/c1-4-23-13(2)21-17-11-15(7-10-18(17)23)19(24)22-20-12-14-5-8-16(25-3)9-6-14/h5-12H,4H2,1-3H3,(H,22,24)/b20-12-. The Kier molecular flexibility index (Phi) is 5.19. The molecule has 5 nitrogen and oxygen atoms in total. The fraction of sp³-hybridized carbons (Fsp3) is 0.211. The monoisotopic (exact) mass is 352 g/mol. The minimum absolute atomic E-state index is 0.248. The lowest BCUT2D eigenvalue weighted by Crippen LogP contribution is -2.17. The number of thioether (sulfide) groups is 1. The molecule has 1 amide bonds. The highest BCUT2D eigenvalue weighted by Crippen LogP contribution is 2.18. The number of carbonyl (C=O) groups excluding carboxylic acids is 1. The summed E-state index contributed by atoms with van der Waals surface area (Å²) in [6.45, 7) is 4.90. The van der Waals surface area contributed by atoms with Crippen molar-refractivity contribution < 1.29 is 4.79 Å². The molecule has 0 bridgehead atoms. The van der Waals surface area contributed by atoms with Gasteiger partial charge < -0.3 is 4.57 Å². The SMILES string of the molecule is CCn1c(C)nc2cc(C(=O)N/N=C\c3ccc(SC)cc3)ccc21. The van der Waals surface area contributed by atoms with Crippen molar-refractivity contribution >= 4 is 34.9 Å². The molecule has 0 saturated heterocycles. The van der Waals surface area contributed by atoms with Crippen LogP contribution in [0.4, 0.5) is 0 Å². The third-order valence-corrected chi connectivity index (χ3v) is 4.76. The topological polar surface area (TPSA) is 59.3 Å². The van der Waals surface area contributed by atoms with Crippen LogP contribution in [0, 0.1) is 6.92 Å². The molecule has 0 aliphatic rings. The number of aromatic nitrogens is 2. The third-order valence-electron chi connectivity index (χ3n) is 4.01. The molecule has 6 heteroatoms. The summed E-state index contributed by atoms with van der Waals surface area (Å²) in [5, 5.41) is 4.04. The molecule has 0 unspecified atom stereocenters. The van der Waals surface area contributed by atoms with Gasteiger partial charge in [0.2, 0.25) is 0 Å². The number of benzene rings is 2. The zero-order valence-corrected chi connectivity index (χ0v) is 15.3. The Morgan fingerprint density at radius 2 is 2.04 bits per heavy atom. The second kappa shape index (κ2) is 7.53. The van der Waals surface area contributed by atoms with Crippen molar-refractivity contribution in [2.24, 2.45) is 5.10 Å². The Balaban J connectivity index is 1.72. The van der Waals surface area contributed by atoms with E-state index in [4.69, 9.17) is 0 Å². The first-order valence-electron chi connectivity index (χ1n) is 8.06. The van der Waals surface area contributed by atoms with Crippen molar-refractivity contribution in [3.63, 3.8) is 0 Å². The van der Waals surface area contributed by atoms with Crippen LogP contribution in [0.15, 0.2) is 52.5 Å². The van der Waals surface area contributed by atoms with Crippen LogP contribution in [0.1, 0.15) is 28.7 Å². The number of amides is 1. The highest BCUT2D eigenvalue weighted by molar-refractivity contribution is 7.98. The zero-order valence-electron chi connectivity index (χ0n) is 14.5. The van der Waals surface area contributed by atoms with Crippen LogP contribution in [0.3, 0.4) is 0 Å². The van der Waals surface area contributed by atoms with Gasteiger partial charge in [-0.3, -0.25) is 4.79 Å². The van der Waals surface area contributed by atoms with Gasteiger partial charge in [0.25, 0.3) is 5.91 Å². The maximum atomic E-state index is 12.3. The summed E-state index contributed by atoms with van der Waals surface area (Å²) < 4.78 is 2.12. The molecule has 1 N–H and O–H groups in total. The fourth-order valence-electron chi connectivity index (χ4n) is 2.71. The molecular weight excluding hydrogens is 332 g/mol. The van der Waals surface area contributed by atoms with Crippen molar-refractivity contribution in [2.45, 2.75) is 25.3 Å². The van der Waals surface area contributed by atoms with Gasteiger partial charge in [-0.1, -0.05) is 12.1 Å². The summed E-state index contributed by atoms with van der Waals surface area (Å²) in [4.78, 5) is 18.0. The number of hydrogen-bond acceptors (Lipinski definition) is 4. The van der Waals surface area contributed by atoms with Gasteiger partial charge in [-0.15, -0.1) is 11.8 Å². The molecule has 0 saturated carbocycles. The number of hydrazone groups is 1. The molecule has 0 aliphatic carbocycles. The molecule has 3 rings (SSSR count). The average Bonchev–Trinajstić information content (AvgIpc) is 2.96. The Morgan fingerprint density at radius 3 is 2.72 bits per heavy atom. The molecule has 128 valence electrons. The number of nitrogens with one attached hydrogen (secondary N) is 1. The molecule has 0 fully saturated rings. The van der Waals surface area contributed by atoms with Gasteiger partial charge in [0.15, 0.2) is 0 Å². The summed E-state index contributed by atoms with van der Waals surface area (Å²) in [5.41, 5.74) is 5.91. The lowest BCUT2D eigenvalue weighted by molar-refractivity contribution is 0.0955. The number of imidazole rings is 1. The van der Waals surface area contributed by atoms with E-state index >= 15 is 0 Å². The second-order valence-corrected chi connectivity index (χ2v) is 6.46. The third kappa shape index (κ3) is 3.74. The van der Waals surface area contributed by atoms with Crippen LogP contribution >= 0.6 is 11.8 Å². The van der Waals surface area contributed by atoms with Gasteiger partial charge in [0.1, 0.15) is 5.82 Å². The number of nitrogens with zero attached hydrogens (tertiary/aromatic N) is 3. The molecular formula is C19H20N4OS. The van der Waals surface area contributed by atoms with Gasteiger partial charge in [0.05, 0.1) is 17.2 Å². The van der Waals surface area contributed by atoms with Crippen molar-refractivity contribution in [3.05, 3.63) is 59.4 Å². The van der Waals surface area contributed by atoms with Crippen molar-refractivity contribution in [3.8, 4) is 0 Å². The largest absolute Gasteiger partial charge is 0.329 e. The quantitative estimate of drug-likeness (QED) is 0.431. The van der Waals surface area contributed by atoms with Gasteiger partial charge in [-0.2, -0.15) is 5.10 Å². The molecule has 0 spiro atoms. The van der Waals surface area contributed by atoms with E-state index in [1.54, 1.807) is 30.1 Å². The lowest BCUT2D eigenvalue weighted by atomic mass is 10.2. The minimum Gasteiger partial charge on any atom is -0.329 e. The van der Waals surface area contributed by atoms with E-state index in [-0.39, 0.29) is 5.91 Å². The number of aryl methyl sites for hydroxylation is 2. The van der Waals surface area contributed by atoms with Crippen LogP contribution < -0.4 is 5.43 Å². The molecule has 1 heterocycles. The summed E-state index contributed by atoms with van der Waals surface area (Å²) in [5.74, 6) is 0.698. The van der Waals surface area contributed by atoms with Crippen molar-refractivity contribution in [1.82, 2.24) is 15.0 Å². The average molecular weight is 352 g/mol. The van der Waals surface area contributed by atoms with E-state index in [0.717, 1.165) is 29.0 Å². The first kappa shape index (κ1) is 17.2. The van der Waals surface area contributed by atoms with Crippen LogP contribution in [-0.4, -0.2) is 27.9 Å². The second-order valence-electron chi connectivity index (χ2n) is 5.58. The molecule has 2 aromatic carbocycles. The smallest absolute Gasteiger partial charge is 0.271 e. The van der Waals surface area contributed by atoms with Crippen LogP contribution in [0.25, 0.3) is 11.0 Å². The predicted molar refractivity (Wildman–Crippen MR) is 103 cm³/mol. The Hall–Kier alpha value is -2.60. The van der Waals surface area contributed by atoms with E-state index < -0.39 is 0 Å². The fourth-order valence-corrected chi connectivity index (χ4v) is 3.12. The molecule has 0 atom stereocenters. The summed E-state index contributed by atoms with van der Waals surface area (Å²) in [7, 11) is 0. The van der Waals surface area contributed by atoms with Crippen molar-refractivity contribution in [2.75, 3.05) is 6.26 Å². The normalized spacial score (nSPS) is 11.3. The number of carbonyl (C=O) groups is 1. The van der Waals surface area contributed by atoms with Gasteiger partial charge in [0, 0.05) is 17.0 Å². The van der Waals surface area contributed by atoms with E-state index in [0.29, 0.717) is 5.56 Å². The zero-order chi connectivity index (χ0) is 17.8. The molecule has 25 heavy (non-hydrogen) atoms. The van der Waals surface area contributed by atoms with Gasteiger partial charge in [-0.25, -0.2) is 10.4 Å². The minimum atomic E-state index is -0.248. The molecule has 1 aromatic heterocycles. The summed E-state index contributed by atoms with van der Waals surface area (Å²) in [6, 6.07) is 13.5. The Morgan fingerprint density at radius 1 is 1.28 bits per heavy atom. The van der Waals surface area contributed by atoms with E-state index in [2.05, 4.69) is 27.0 Å². The number of rotatable bonds is 5. The molecule has 0 radical (unpaired) electrons. The van der Waals surface area contributed by atoms with E-state index in [1.165, 1.54) is 4.90 Å². The van der Waals surface area contributed by atoms with Crippen LogP contribution in [0.2, 0.25) is 0 Å². The molecule has 0 aliphatic heterocycles. The lowest BCUT2D eigenvalue weighted by Gasteiger charge is -2.03. The van der Waals surface area contributed by atoms with E-state index in [1.807, 2.05) is 43.5 Å². The van der Waals surface area contributed by atoms with E-state index in [9.17, 15) is 4.79 Å². The van der Waals surface area contributed by atoms with Crippen molar-refractivity contribution in [1.29, 1.82) is 0 Å². The van der Waals surface area contributed by atoms with Gasteiger partial charge in [-0.05, 0) is 56.0 Å². The van der Waals surface area contributed by atoms with Crippen LogP contribution in [-0.2, 0) is 6.54 Å². The van der Waals surface area contributed by atoms with Gasteiger partial charge >= 0.3 is 0 Å². The number of hydrogen-bond donors (Lipinski definition) is 1. The first-order valence-corrected chi connectivity index (χ1v) is 9.29. The maximum Gasteiger partial charge on any atom is 0.271 e. The highest BCUT2D eigenvalue weighted by atomic mass is 32.2. The maximum absolute atomic E-state index is 12.3. The summed E-state index contributed by atoms with van der Waals surface area (Å²) >= 11 is 1.69. The Labute approximate surface area is 151 Å².